The number of carbonyl (C=O) groups is 2. The van der Waals surface area contributed by atoms with Crippen molar-refractivity contribution in [1.82, 2.24) is 4.98 Å². The normalized spacial score (nSPS) is 10.2. The Morgan fingerprint density at radius 2 is 2.00 bits per heavy atom. The molecular formula is C13H11NO4S. The summed E-state index contributed by atoms with van der Waals surface area (Å²) in [6.07, 6.45) is 0. The second-order valence-corrected chi connectivity index (χ2v) is 4.59. The summed E-state index contributed by atoms with van der Waals surface area (Å²) in [6, 6.07) is 9.09. The first-order chi connectivity index (χ1) is 9.13. The van der Waals surface area contributed by atoms with Crippen molar-refractivity contribution in [2.75, 3.05) is 6.61 Å². The third-order valence-corrected chi connectivity index (χ3v) is 3.39. The fraction of sp³-hybridized carbons (Fsp3) is 0.154. The van der Waals surface area contributed by atoms with Gasteiger partial charge in [-0.2, -0.15) is 0 Å². The summed E-state index contributed by atoms with van der Waals surface area (Å²) in [5.74, 6) is -2.30. The van der Waals surface area contributed by atoms with Crippen LogP contribution in [0, 0.1) is 0 Å². The second kappa shape index (κ2) is 5.62. The van der Waals surface area contributed by atoms with Gasteiger partial charge in [0.25, 0.3) is 5.78 Å². The topological polar surface area (TPSA) is 76.5 Å². The first-order valence-electron chi connectivity index (χ1n) is 5.60. The SMILES string of the molecule is CCOC(=O)C(=O)c1sc(-c2ccccc2)nc1O. The number of ketones is 1. The van der Waals surface area contributed by atoms with Gasteiger partial charge in [0.2, 0.25) is 5.88 Å². The minimum atomic E-state index is -0.985. The number of thiazole rings is 1. The molecule has 1 aromatic heterocycles. The summed E-state index contributed by atoms with van der Waals surface area (Å²) in [4.78, 5) is 26.9. The van der Waals surface area contributed by atoms with E-state index < -0.39 is 17.6 Å². The molecule has 1 aromatic carbocycles. The first-order valence-corrected chi connectivity index (χ1v) is 6.41. The molecule has 1 heterocycles. The van der Waals surface area contributed by atoms with Crippen LogP contribution in [0.25, 0.3) is 10.6 Å². The van der Waals surface area contributed by atoms with Gasteiger partial charge in [-0.3, -0.25) is 4.79 Å². The van der Waals surface area contributed by atoms with Crippen molar-refractivity contribution in [3.8, 4) is 16.5 Å². The minimum absolute atomic E-state index is 0.0997. The molecular weight excluding hydrogens is 266 g/mol. The summed E-state index contributed by atoms with van der Waals surface area (Å²) in [5, 5.41) is 10.1. The molecule has 2 rings (SSSR count). The largest absolute Gasteiger partial charge is 0.492 e. The highest BCUT2D eigenvalue weighted by Crippen LogP contribution is 2.32. The quantitative estimate of drug-likeness (QED) is 0.527. The van der Waals surface area contributed by atoms with Gasteiger partial charge in [-0.05, 0) is 6.92 Å². The predicted octanol–water partition coefficient (Wildman–Crippen LogP) is 2.26. The van der Waals surface area contributed by atoms with Gasteiger partial charge in [0.15, 0.2) is 0 Å². The lowest BCUT2D eigenvalue weighted by Gasteiger charge is -1.97. The molecule has 0 saturated carbocycles. The van der Waals surface area contributed by atoms with Gasteiger partial charge in [-0.25, -0.2) is 9.78 Å². The summed E-state index contributed by atoms with van der Waals surface area (Å²) >= 11 is 0.963. The van der Waals surface area contributed by atoms with Crippen molar-refractivity contribution in [2.45, 2.75) is 6.92 Å². The third-order valence-electron chi connectivity index (χ3n) is 2.30. The fourth-order valence-corrected chi connectivity index (χ4v) is 2.35. The molecule has 0 spiro atoms. The van der Waals surface area contributed by atoms with Crippen molar-refractivity contribution >= 4 is 23.1 Å². The predicted molar refractivity (Wildman–Crippen MR) is 70.2 cm³/mol. The molecule has 6 heteroatoms. The van der Waals surface area contributed by atoms with E-state index in [0.29, 0.717) is 5.01 Å². The van der Waals surface area contributed by atoms with Crippen LogP contribution in [0.15, 0.2) is 30.3 Å². The summed E-state index contributed by atoms with van der Waals surface area (Å²) < 4.78 is 4.61. The van der Waals surface area contributed by atoms with E-state index in [1.165, 1.54) is 0 Å². The van der Waals surface area contributed by atoms with Gasteiger partial charge < -0.3 is 9.84 Å². The number of Topliss-reactive ketones (excluding diaryl/α,β-unsaturated/α-hetero) is 1. The lowest BCUT2D eigenvalue weighted by atomic mass is 10.2. The average molecular weight is 277 g/mol. The van der Waals surface area contributed by atoms with Crippen molar-refractivity contribution < 1.29 is 19.4 Å². The Morgan fingerprint density at radius 1 is 1.32 bits per heavy atom. The maximum Gasteiger partial charge on any atom is 0.380 e. The highest BCUT2D eigenvalue weighted by Gasteiger charge is 2.25. The number of aromatic hydroxyl groups is 1. The molecule has 0 aliphatic rings. The monoisotopic (exact) mass is 277 g/mol. The molecule has 98 valence electrons. The molecule has 0 aliphatic carbocycles. The van der Waals surface area contributed by atoms with Crippen molar-refractivity contribution in [3.63, 3.8) is 0 Å². The molecule has 0 bridgehead atoms. The number of benzene rings is 1. The van der Waals surface area contributed by atoms with E-state index in [0.717, 1.165) is 16.9 Å². The fourth-order valence-electron chi connectivity index (χ4n) is 1.45. The van der Waals surface area contributed by atoms with Crippen LogP contribution in [0.4, 0.5) is 0 Å². The number of ether oxygens (including phenoxy) is 1. The van der Waals surface area contributed by atoms with E-state index in [1.54, 1.807) is 19.1 Å². The van der Waals surface area contributed by atoms with Crippen molar-refractivity contribution in [2.24, 2.45) is 0 Å². The Bertz CT molecular complexity index is 606. The number of esters is 1. The Balaban J connectivity index is 2.32. The number of carbonyl (C=O) groups excluding carboxylic acids is 2. The smallest absolute Gasteiger partial charge is 0.380 e. The Hall–Kier alpha value is -2.21. The minimum Gasteiger partial charge on any atom is -0.492 e. The Kier molecular flexibility index (Phi) is 3.91. The van der Waals surface area contributed by atoms with E-state index in [-0.39, 0.29) is 11.5 Å². The van der Waals surface area contributed by atoms with E-state index in [4.69, 9.17) is 0 Å². The number of nitrogens with zero attached hydrogens (tertiary/aromatic N) is 1. The van der Waals surface area contributed by atoms with E-state index in [1.807, 2.05) is 18.2 Å². The third kappa shape index (κ3) is 2.79. The maximum absolute atomic E-state index is 11.7. The van der Waals surface area contributed by atoms with E-state index in [2.05, 4.69) is 9.72 Å². The molecule has 1 N–H and O–H groups in total. The van der Waals surface area contributed by atoms with Crippen LogP contribution in [0.3, 0.4) is 0 Å². The van der Waals surface area contributed by atoms with Gasteiger partial charge in [0.1, 0.15) is 9.88 Å². The zero-order chi connectivity index (χ0) is 13.8. The van der Waals surface area contributed by atoms with Crippen LogP contribution in [0.1, 0.15) is 16.6 Å². The van der Waals surface area contributed by atoms with Crippen LogP contribution in [-0.2, 0) is 9.53 Å². The summed E-state index contributed by atoms with van der Waals surface area (Å²) in [7, 11) is 0. The van der Waals surface area contributed by atoms with Crippen LogP contribution < -0.4 is 0 Å². The molecule has 0 aliphatic heterocycles. The van der Waals surface area contributed by atoms with Crippen LogP contribution in [0.5, 0.6) is 5.88 Å². The van der Waals surface area contributed by atoms with Gasteiger partial charge in [-0.1, -0.05) is 30.3 Å². The second-order valence-electron chi connectivity index (χ2n) is 3.59. The molecule has 0 radical (unpaired) electrons. The molecule has 0 atom stereocenters. The molecule has 0 fully saturated rings. The van der Waals surface area contributed by atoms with Crippen LogP contribution >= 0.6 is 11.3 Å². The van der Waals surface area contributed by atoms with Gasteiger partial charge in [0, 0.05) is 5.56 Å². The standard InChI is InChI=1S/C13H11NO4S/c1-2-18-13(17)9(15)10-11(16)14-12(19-10)8-6-4-3-5-7-8/h3-7,16H,2H2,1H3. The van der Waals surface area contributed by atoms with Crippen molar-refractivity contribution in [3.05, 3.63) is 35.2 Å². The Morgan fingerprint density at radius 3 is 2.63 bits per heavy atom. The highest BCUT2D eigenvalue weighted by atomic mass is 32.1. The number of hydrogen-bond donors (Lipinski definition) is 1. The Labute approximate surface area is 113 Å². The molecule has 19 heavy (non-hydrogen) atoms. The molecule has 2 aromatic rings. The lowest BCUT2D eigenvalue weighted by molar-refractivity contribution is -0.137. The van der Waals surface area contributed by atoms with Crippen molar-refractivity contribution in [1.29, 1.82) is 0 Å². The van der Waals surface area contributed by atoms with E-state index in [9.17, 15) is 14.7 Å². The molecule has 0 unspecified atom stereocenters. The summed E-state index contributed by atoms with van der Waals surface area (Å²) in [5.41, 5.74) is 0.769. The molecule has 5 nitrogen and oxygen atoms in total. The zero-order valence-electron chi connectivity index (χ0n) is 10.1. The van der Waals surface area contributed by atoms with Crippen LogP contribution in [-0.4, -0.2) is 28.4 Å². The lowest BCUT2D eigenvalue weighted by Crippen LogP contribution is -2.16. The number of rotatable bonds is 4. The first kappa shape index (κ1) is 13.2. The molecule has 0 saturated heterocycles. The van der Waals surface area contributed by atoms with Gasteiger partial charge >= 0.3 is 5.97 Å². The van der Waals surface area contributed by atoms with Gasteiger partial charge in [-0.15, -0.1) is 11.3 Å². The maximum atomic E-state index is 11.7. The van der Waals surface area contributed by atoms with Crippen LogP contribution in [0.2, 0.25) is 0 Å². The summed E-state index contributed by atoms with van der Waals surface area (Å²) in [6.45, 7) is 1.71. The van der Waals surface area contributed by atoms with Gasteiger partial charge in [0.05, 0.1) is 6.61 Å². The highest BCUT2D eigenvalue weighted by molar-refractivity contribution is 7.18. The molecule has 0 amide bonds. The number of hydrogen-bond acceptors (Lipinski definition) is 6. The average Bonchev–Trinajstić information content (AvgIpc) is 2.81. The zero-order valence-corrected chi connectivity index (χ0v) is 10.9. The van der Waals surface area contributed by atoms with E-state index >= 15 is 0 Å². The number of aromatic nitrogens is 1.